The van der Waals surface area contributed by atoms with Gasteiger partial charge >= 0.3 is 6.09 Å². The van der Waals surface area contributed by atoms with Crippen LogP contribution in [-0.4, -0.2) is 11.1 Å². The number of carbonyl (C=O) groups excluding carboxylic acids is 1. The van der Waals surface area contributed by atoms with Crippen LogP contribution < -0.4 is 5.32 Å². The lowest BCUT2D eigenvalue weighted by Crippen LogP contribution is -2.20. The van der Waals surface area contributed by atoms with Crippen LogP contribution in [0.15, 0.2) is 42.7 Å². The van der Waals surface area contributed by atoms with E-state index in [4.69, 9.17) is 4.74 Å². The second kappa shape index (κ2) is 6.80. The SMILES string of the molecule is C[C@H]1C[C@@H](C#Cc2cncc([C@H]3NC(=O)O[C@@H]3c3cccc(F)c3)c2)C1. The number of benzene rings is 1. The lowest BCUT2D eigenvalue weighted by atomic mass is 9.76. The summed E-state index contributed by atoms with van der Waals surface area (Å²) in [4.78, 5) is 16.1. The molecular weight excluding hydrogens is 331 g/mol. The standard InChI is InChI=1S/C21H19FN2O2/c1-13-7-14(8-13)5-6-15-9-17(12-23-11-15)19-20(26-21(25)24-19)16-3-2-4-18(22)10-16/h2-4,9-14,19-20H,7-8H2,1H3,(H,24,25)/t13-,14+,19-,20-/m1/s1. The van der Waals surface area contributed by atoms with Gasteiger partial charge in [-0.15, -0.1) is 0 Å². The van der Waals surface area contributed by atoms with Crippen LogP contribution in [0.4, 0.5) is 9.18 Å². The van der Waals surface area contributed by atoms with E-state index in [9.17, 15) is 9.18 Å². The molecule has 1 N–H and O–H groups in total. The Labute approximate surface area is 151 Å². The molecular formula is C21H19FN2O2. The highest BCUT2D eigenvalue weighted by molar-refractivity contribution is 5.71. The summed E-state index contributed by atoms with van der Waals surface area (Å²) in [6.07, 6.45) is 4.57. The number of rotatable bonds is 2. The summed E-state index contributed by atoms with van der Waals surface area (Å²) in [6.45, 7) is 2.23. The summed E-state index contributed by atoms with van der Waals surface area (Å²) in [5.41, 5.74) is 2.20. The normalized spacial score (nSPS) is 26.9. The molecule has 1 aromatic heterocycles. The van der Waals surface area contributed by atoms with Gasteiger partial charge in [0.15, 0.2) is 6.10 Å². The Morgan fingerprint density at radius 2 is 2.08 bits per heavy atom. The number of ether oxygens (including phenoxy) is 1. The zero-order chi connectivity index (χ0) is 18.1. The highest BCUT2D eigenvalue weighted by Crippen LogP contribution is 2.37. The van der Waals surface area contributed by atoms with Crippen molar-refractivity contribution in [3.8, 4) is 11.8 Å². The largest absolute Gasteiger partial charge is 0.439 e. The van der Waals surface area contributed by atoms with Crippen LogP contribution in [0, 0.1) is 29.5 Å². The second-order valence-corrected chi connectivity index (χ2v) is 7.05. The number of amides is 1. The predicted octanol–water partition coefficient (Wildman–Crippen LogP) is 4.14. The highest BCUT2D eigenvalue weighted by atomic mass is 19.1. The number of aromatic nitrogens is 1. The minimum absolute atomic E-state index is 0.364. The van der Waals surface area contributed by atoms with Crippen molar-refractivity contribution in [1.82, 2.24) is 10.3 Å². The van der Waals surface area contributed by atoms with E-state index >= 15 is 0 Å². The molecule has 1 saturated carbocycles. The molecule has 2 atom stereocenters. The van der Waals surface area contributed by atoms with E-state index in [1.165, 1.54) is 12.1 Å². The van der Waals surface area contributed by atoms with Crippen molar-refractivity contribution in [3.63, 3.8) is 0 Å². The van der Waals surface area contributed by atoms with E-state index in [0.717, 1.165) is 29.9 Å². The minimum atomic E-state index is -0.601. The maximum Gasteiger partial charge on any atom is 0.408 e. The molecule has 1 aromatic carbocycles. The Balaban J connectivity index is 1.59. The topological polar surface area (TPSA) is 51.2 Å². The van der Waals surface area contributed by atoms with Gasteiger partial charge in [0, 0.05) is 23.9 Å². The third-order valence-corrected chi connectivity index (χ3v) is 4.90. The van der Waals surface area contributed by atoms with Gasteiger partial charge in [-0.2, -0.15) is 0 Å². The number of nitrogens with one attached hydrogen (secondary N) is 1. The number of alkyl carbamates (subject to hydrolysis) is 1. The first-order chi connectivity index (χ1) is 12.6. The van der Waals surface area contributed by atoms with Crippen LogP contribution in [0.3, 0.4) is 0 Å². The fourth-order valence-corrected chi connectivity index (χ4v) is 3.52. The highest BCUT2D eigenvalue weighted by Gasteiger charge is 2.36. The molecule has 2 fully saturated rings. The monoisotopic (exact) mass is 350 g/mol. The van der Waals surface area contributed by atoms with Gasteiger partial charge in [-0.1, -0.05) is 30.9 Å². The second-order valence-electron chi connectivity index (χ2n) is 7.05. The average molecular weight is 350 g/mol. The van der Waals surface area contributed by atoms with Gasteiger partial charge in [0.05, 0.1) is 0 Å². The summed E-state index contributed by atoms with van der Waals surface area (Å²) in [5, 5.41) is 2.79. The Hall–Kier alpha value is -2.87. The number of carbonyl (C=O) groups is 1. The van der Waals surface area contributed by atoms with E-state index in [1.54, 1.807) is 24.5 Å². The maximum absolute atomic E-state index is 13.6. The van der Waals surface area contributed by atoms with Gasteiger partial charge in [-0.25, -0.2) is 9.18 Å². The maximum atomic E-state index is 13.6. The molecule has 4 rings (SSSR count). The third kappa shape index (κ3) is 3.41. The number of hydrogen-bond donors (Lipinski definition) is 1. The van der Waals surface area contributed by atoms with Gasteiger partial charge in [-0.05, 0) is 48.1 Å². The number of nitrogens with zero attached hydrogens (tertiary/aromatic N) is 1. The average Bonchev–Trinajstić information content (AvgIpc) is 3.00. The molecule has 1 aliphatic carbocycles. The van der Waals surface area contributed by atoms with Crippen molar-refractivity contribution in [2.24, 2.45) is 11.8 Å². The van der Waals surface area contributed by atoms with Gasteiger partial charge in [0.1, 0.15) is 11.9 Å². The molecule has 26 heavy (non-hydrogen) atoms. The van der Waals surface area contributed by atoms with Gasteiger partial charge < -0.3 is 10.1 Å². The Morgan fingerprint density at radius 3 is 2.85 bits per heavy atom. The van der Waals surface area contributed by atoms with E-state index in [-0.39, 0.29) is 5.82 Å². The van der Waals surface area contributed by atoms with Crippen LogP contribution in [0.25, 0.3) is 0 Å². The number of cyclic esters (lactones) is 1. The van der Waals surface area contributed by atoms with Crippen LogP contribution in [-0.2, 0) is 4.74 Å². The van der Waals surface area contributed by atoms with Gasteiger partial charge in [0.25, 0.3) is 0 Å². The van der Waals surface area contributed by atoms with Crippen LogP contribution in [0.2, 0.25) is 0 Å². The Bertz CT molecular complexity index is 896. The first-order valence-corrected chi connectivity index (χ1v) is 8.77. The molecule has 0 radical (unpaired) electrons. The molecule has 1 saturated heterocycles. The van der Waals surface area contributed by atoms with E-state index in [2.05, 4.69) is 29.1 Å². The molecule has 2 aromatic rings. The molecule has 4 nitrogen and oxygen atoms in total. The Kier molecular flexibility index (Phi) is 4.34. The molecule has 2 aliphatic rings. The molecule has 0 spiro atoms. The first kappa shape index (κ1) is 16.6. The van der Waals surface area contributed by atoms with Crippen molar-refractivity contribution in [2.75, 3.05) is 0 Å². The summed E-state index contributed by atoms with van der Waals surface area (Å²) in [7, 11) is 0. The van der Waals surface area contributed by atoms with Crippen LogP contribution in [0.1, 0.15) is 48.6 Å². The van der Waals surface area contributed by atoms with Crippen molar-refractivity contribution in [1.29, 1.82) is 0 Å². The number of pyridine rings is 1. The van der Waals surface area contributed by atoms with Crippen molar-refractivity contribution in [3.05, 3.63) is 65.2 Å². The molecule has 1 aliphatic heterocycles. The minimum Gasteiger partial charge on any atom is -0.439 e. The summed E-state index contributed by atoms with van der Waals surface area (Å²) in [5.74, 6) is 7.32. The predicted molar refractivity (Wildman–Crippen MR) is 94.5 cm³/mol. The molecule has 2 heterocycles. The molecule has 0 bridgehead atoms. The van der Waals surface area contributed by atoms with E-state index in [1.807, 2.05) is 6.07 Å². The Morgan fingerprint density at radius 1 is 1.23 bits per heavy atom. The molecule has 1 amide bonds. The van der Waals surface area contributed by atoms with Gasteiger partial charge in [-0.3, -0.25) is 4.98 Å². The first-order valence-electron chi connectivity index (χ1n) is 8.77. The lowest BCUT2D eigenvalue weighted by Gasteiger charge is -2.28. The molecule has 5 heteroatoms. The summed E-state index contributed by atoms with van der Waals surface area (Å²) >= 11 is 0. The summed E-state index contributed by atoms with van der Waals surface area (Å²) in [6, 6.07) is 7.58. The molecule has 132 valence electrons. The number of halogens is 1. The van der Waals surface area contributed by atoms with E-state index < -0.39 is 18.2 Å². The smallest absolute Gasteiger partial charge is 0.408 e. The lowest BCUT2D eigenvalue weighted by molar-refractivity contribution is 0.132. The number of hydrogen-bond acceptors (Lipinski definition) is 3. The zero-order valence-electron chi connectivity index (χ0n) is 14.4. The fourth-order valence-electron chi connectivity index (χ4n) is 3.52. The van der Waals surface area contributed by atoms with Crippen LogP contribution in [0.5, 0.6) is 0 Å². The van der Waals surface area contributed by atoms with Crippen molar-refractivity contribution >= 4 is 6.09 Å². The van der Waals surface area contributed by atoms with Gasteiger partial charge in [0.2, 0.25) is 0 Å². The van der Waals surface area contributed by atoms with Crippen molar-refractivity contribution in [2.45, 2.75) is 31.9 Å². The quantitative estimate of drug-likeness (QED) is 0.828. The molecule has 0 unspecified atom stereocenters. The van der Waals surface area contributed by atoms with Crippen molar-refractivity contribution < 1.29 is 13.9 Å². The van der Waals surface area contributed by atoms with E-state index in [0.29, 0.717) is 11.5 Å². The van der Waals surface area contributed by atoms with Crippen LogP contribution >= 0.6 is 0 Å². The summed E-state index contributed by atoms with van der Waals surface area (Å²) < 4.78 is 18.9. The third-order valence-electron chi connectivity index (χ3n) is 4.90. The fraction of sp³-hybridized carbons (Fsp3) is 0.333. The zero-order valence-corrected chi connectivity index (χ0v) is 14.4.